The third kappa shape index (κ3) is 4.31. The van der Waals surface area contributed by atoms with Gasteiger partial charge in [-0.05, 0) is 31.4 Å². The van der Waals surface area contributed by atoms with Crippen LogP contribution in [-0.4, -0.2) is 31.0 Å². The average Bonchev–Trinajstić information content (AvgIpc) is 3.01. The monoisotopic (exact) mass is 304 g/mol. The second kappa shape index (κ2) is 7.94. The van der Waals surface area contributed by atoms with E-state index in [0.29, 0.717) is 12.2 Å². The minimum atomic E-state index is -0.552. The molecule has 0 aromatic heterocycles. The van der Waals surface area contributed by atoms with Crippen molar-refractivity contribution < 1.29 is 14.3 Å². The molecule has 1 atom stereocenters. The second-order valence-electron chi connectivity index (χ2n) is 5.78. The lowest BCUT2D eigenvalue weighted by Crippen LogP contribution is -2.47. The van der Waals surface area contributed by atoms with Crippen LogP contribution in [0.1, 0.15) is 48.5 Å². The van der Waals surface area contributed by atoms with Gasteiger partial charge in [-0.1, -0.05) is 31.0 Å². The van der Waals surface area contributed by atoms with Gasteiger partial charge < -0.3 is 15.4 Å². The fourth-order valence-corrected chi connectivity index (χ4v) is 2.76. The molecule has 2 rings (SSSR count). The quantitative estimate of drug-likeness (QED) is 0.845. The zero-order valence-electron chi connectivity index (χ0n) is 13.2. The molecule has 0 heterocycles. The summed E-state index contributed by atoms with van der Waals surface area (Å²) in [5, 5.41) is 5.76. The molecule has 2 N–H and O–H groups in total. The van der Waals surface area contributed by atoms with Crippen LogP contribution < -0.4 is 10.6 Å². The Morgan fingerprint density at radius 3 is 2.64 bits per heavy atom. The van der Waals surface area contributed by atoms with Gasteiger partial charge in [-0.25, -0.2) is 0 Å². The summed E-state index contributed by atoms with van der Waals surface area (Å²) in [5.41, 5.74) is 1.36. The Hall–Kier alpha value is -1.88. The summed E-state index contributed by atoms with van der Waals surface area (Å²) in [7, 11) is 1.59. The average molecular weight is 304 g/mol. The van der Waals surface area contributed by atoms with E-state index in [-0.39, 0.29) is 17.9 Å². The summed E-state index contributed by atoms with van der Waals surface area (Å²) in [5.74, 6) is -0.369. The first kappa shape index (κ1) is 16.5. The first-order valence-corrected chi connectivity index (χ1v) is 7.80. The third-order valence-corrected chi connectivity index (χ3v) is 4.00. The zero-order chi connectivity index (χ0) is 15.9. The Morgan fingerprint density at radius 1 is 1.27 bits per heavy atom. The van der Waals surface area contributed by atoms with Gasteiger partial charge in [-0.2, -0.15) is 0 Å². The van der Waals surface area contributed by atoms with Gasteiger partial charge in [-0.15, -0.1) is 0 Å². The van der Waals surface area contributed by atoms with Crippen LogP contribution in [0.15, 0.2) is 24.3 Å². The SMILES string of the molecule is COCc1ccccc1C(=O)N[C@H](C)C(=O)NC1CCCC1. The van der Waals surface area contributed by atoms with E-state index < -0.39 is 6.04 Å². The van der Waals surface area contributed by atoms with Crippen molar-refractivity contribution in [2.24, 2.45) is 0 Å². The van der Waals surface area contributed by atoms with E-state index in [2.05, 4.69) is 10.6 Å². The summed E-state index contributed by atoms with van der Waals surface area (Å²) in [6, 6.07) is 6.96. The number of carbonyl (C=O) groups is 2. The number of ether oxygens (including phenoxy) is 1. The van der Waals surface area contributed by atoms with E-state index in [1.165, 1.54) is 0 Å². The molecule has 0 bridgehead atoms. The van der Waals surface area contributed by atoms with E-state index in [4.69, 9.17) is 4.74 Å². The van der Waals surface area contributed by atoms with E-state index in [1.807, 2.05) is 12.1 Å². The smallest absolute Gasteiger partial charge is 0.252 e. The highest BCUT2D eigenvalue weighted by atomic mass is 16.5. The summed E-state index contributed by atoms with van der Waals surface area (Å²) in [6.07, 6.45) is 4.39. The topological polar surface area (TPSA) is 67.4 Å². The predicted molar refractivity (Wildman–Crippen MR) is 84.5 cm³/mol. The van der Waals surface area contributed by atoms with E-state index >= 15 is 0 Å². The zero-order valence-corrected chi connectivity index (χ0v) is 13.2. The molecule has 5 nitrogen and oxygen atoms in total. The molecule has 0 unspecified atom stereocenters. The van der Waals surface area contributed by atoms with Crippen molar-refractivity contribution >= 4 is 11.8 Å². The molecule has 1 aliphatic carbocycles. The van der Waals surface area contributed by atoms with Crippen LogP contribution in [-0.2, 0) is 16.1 Å². The van der Waals surface area contributed by atoms with Crippen LogP contribution in [0.4, 0.5) is 0 Å². The number of carbonyl (C=O) groups excluding carboxylic acids is 2. The van der Waals surface area contributed by atoms with Crippen molar-refractivity contribution in [3.8, 4) is 0 Å². The lowest BCUT2D eigenvalue weighted by molar-refractivity contribution is -0.123. The number of rotatable bonds is 6. The van der Waals surface area contributed by atoms with Crippen molar-refractivity contribution in [2.45, 2.75) is 51.3 Å². The maximum atomic E-state index is 12.3. The van der Waals surface area contributed by atoms with Gasteiger partial charge in [-0.3, -0.25) is 9.59 Å². The highest BCUT2D eigenvalue weighted by Gasteiger charge is 2.22. The van der Waals surface area contributed by atoms with E-state index in [1.54, 1.807) is 26.2 Å². The second-order valence-corrected chi connectivity index (χ2v) is 5.78. The Bertz CT molecular complexity index is 524. The van der Waals surface area contributed by atoms with Crippen LogP contribution in [0.3, 0.4) is 0 Å². The van der Waals surface area contributed by atoms with Crippen LogP contribution in [0.25, 0.3) is 0 Å². The van der Waals surface area contributed by atoms with Gasteiger partial charge in [0.2, 0.25) is 5.91 Å². The minimum absolute atomic E-state index is 0.121. The highest BCUT2D eigenvalue weighted by Crippen LogP contribution is 2.17. The predicted octanol–water partition coefficient (Wildman–Crippen LogP) is 2.01. The number of benzene rings is 1. The number of methoxy groups -OCH3 is 1. The normalized spacial score (nSPS) is 16.3. The molecule has 0 saturated heterocycles. The van der Waals surface area contributed by atoms with Crippen LogP contribution in [0.2, 0.25) is 0 Å². The fourth-order valence-electron chi connectivity index (χ4n) is 2.76. The van der Waals surface area contributed by atoms with Gasteiger partial charge in [0, 0.05) is 18.7 Å². The van der Waals surface area contributed by atoms with Crippen molar-refractivity contribution in [2.75, 3.05) is 7.11 Å². The van der Waals surface area contributed by atoms with E-state index in [0.717, 1.165) is 31.2 Å². The van der Waals surface area contributed by atoms with Gasteiger partial charge in [0.05, 0.1) is 6.61 Å². The van der Waals surface area contributed by atoms with Gasteiger partial charge in [0.15, 0.2) is 0 Å². The minimum Gasteiger partial charge on any atom is -0.380 e. The standard InChI is InChI=1S/C17H24N2O3/c1-12(16(20)19-14-8-4-5-9-14)18-17(21)15-10-6-3-7-13(15)11-22-2/h3,6-7,10,12,14H,4-5,8-9,11H2,1-2H3,(H,18,21)(H,19,20)/t12-/m1/s1. The van der Waals surface area contributed by atoms with Gasteiger partial charge in [0.1, 0.15) is 6.04 Å². The Labute approximate surface area is 131 Å². The number of amides is 2. The highest BCUT2D eigenvalue weighted by molar-refractivity contribution is 5.98. The van der Waals surface area contributed by atoms with Crippen molar-refractivity contribution in [1.29, 1.82) is 0 Å². The molecule has 120 valence electrons. The fraction of sp³-hybridized carbons (Fsp3) is 0.529. The van der Waals surface area contributed by atoms with Gasteiger partial charge in [0.25, 0.3) is 5.91 Å². The summed E-state index contributed by atoms with van der Waals surface area (Å²) in [6.45, 7) is 2.08. The van der Waals surface area contributed by atoms with E-state index in [9.17, 15) is 9.59 Å². The molecule has 1 saturated carbocycles. The first-order valence-electron chi connectivity index (χ1n) is 7.80. The summed E-state index contributed by atoms with van der Waals surface area (Å²) < 4.78 is 5.10. The van der Waals surface area contributed by atoms with Crippen molar-refractivity contribution in [3.05, 3.63) is 35.4 Å². The molecule has 1 aromatic carbocycles. The molecular weight excluding hydrogens is 280 g/mol. The van der Waals surface area contributed by atoms with Crippen LogP contribution in [0, 0.1) is 0 Å². The van der Waals surface area contributed by atoms with Crippen molar-refractivity contribution in [3.63, 3.8) is 0 Å². The van der Waals surface area contributed by atoms with Crippen LogP contribution in [0.5, 0.6) is 0 Å². The number of nitrogens with one attached hydrogen (secondary N) is 2. The third-order valence-electron chi connectivity index (χ3n) is 4.00. The maximum absolute atomic E-state index is 12.3. The molecule has 0 spiro atoms. The molecule has 22 heavy (non-hydrogen) atoms. The Morgan fingerprint density at radius 2 is 1.95 bits per heavy atom. The molecule has 1 aliphatic rings. The Balaban J connectivity index is 1.94. The molecule has 0 aliphatic heterocycles. The molecule has 1 aromatic rings. The summed E-state index contributed by atoms with van der Waals surface area (Å²) in [4.78, 5) is 24.5. The number of hydrogen-bond acceptors (Lipinski definition) is 3. The Kier molecular flexibility index (Phi) is 5.95. The molecule has 0 radical (unpaired) electrons. The van der Waals surface area contributed by atoms with Crippen LogP contribution >= 0.6 is 0 Å². The largest absolute Gasteiger partial charge is 0.380 e. The molecule has 5 heteroatoms. The molecule has 2 amide bonds. The lowest BCUT2D eigenvalue weighted by Gasteiger charge is -2.18. The van der Waals surface area contributed by atoms with Crippen molar-refractivity contribution in [1.82, 2.24) is 10.6 Å². The molecule has 1 fully saturated rings. The number of hydrogen-bond donors (Lipinski definition) is 2. The summed E-state index contributed by atoms with van der Waals surface area (Å²) >= 11 is 0. The first-order chi connectivity index (χ1) is 10.6. The molecular formula is C17H24N2O3. The maximum Gasteiger partial charge on any atom is 0.252 e. The van der Waals surface area contributed by atoms with Gasteiger partial charge >= 0.3 is 0 Å². The lowest BCUT2D eigenvalue weighted by atomic mass is 10.1.